The van der Waals surface area contributed by atoms with E-state index in [-0.39, 0.29) is 30.1 Å². The number of halogens is 1. The zero-order valence-corrected chi connectivity index (χ0v) is 19.4. The van der Waals surface area contributed by atoms with Crippen LogP contribution in [-0.4, -0.2) is 63.6 Å². The number of ether oxygens (including phenoxy) is 2. The Hall–Kier alpha value is -1.13. The summed E-state index contributed by atoms with van der Waals surface area (Å²) in [5.74, 6) is 2.66. The minimum absolute atomic E-state index is 0. The van der Waals surface area contributed by atoms with Crippen LogP contribution in [0.15, 0.2) is 23.3 Å². The fourth-order valence-electron chi connectivity index (χ4n) is 3.06. The predicted octanol–water partition coefficient (Wildman–Crippen LogP) is 2.41. The van der Waals surface area contributed by atoms with Gasteiger partial charge in [0.25, 0.3) is 0 Å². The van der Waals surface area contributed by atoms with E-state index in [0.717, 1.165) is 69.1 Å². The highest BCUT2D eigenvalue weighted by atomic mass is 127. The largest absolute Gasteiger partial charge is 0.381 e. The molecule has 28 heavy (non-hydrogen) atoms. The van der Waals surface area contributed by atoms with Crippen molar-refractivity contribution in [3.8, 4) is 0 Å². The molecule has 0 amide bonds. The van der Waals surface area contributed by atoms with Gasteiger partial charge in [0.1, 0.15) is 5.82 Å². The molecule has 1 aliphatic heterocycles. The number of anilines is 1. The van der Waals surface area contributed by atoms with E-state index in [1.54, 1.807) is 7.05 Å². The van der Waals surface area contributed by atoms with E-state index in [2.05, 4.69) is 44.6 Å². The van der Waals surface area contributed by atoms with Crippen LogP contribution in [0, 0.1) is 5.92 Å². The molecule has 3 rings (SSSR count). The monoisotopic (exact) mass is 503 g/mol. The van der Waals surface area contributed by atoms with Gasteiger partial charge in [-0.1, -0.05) is 6.07 Å². The van der Waals surface area contributed by atoms with Crippen LogP contribution >= 0.6 is 24.0 Å². The van der Waals surface area contributed by atoms with Crippen molar-refractivity contribution in [1.29, 1.82) is 0 Å². The zero-order valence-electron chi connectivity index (χ0n) is 17.0. The van der Waals surface area contributed by atoms with Crippen molar-refractivity contribution in [2.75, 3.05) is 51.4 Å². The van der Waals surface area contributed by atoms with Gasteiger partial charge in [0.15, 0.2) is 5.96 Å². The molecule has 1 unspecified atom stereocenters. The van der Waals surface area contributed by atoms with Gasteiger partial charge in [-0.15, -0.1) is 24.0 Å². The average Bonchev–Trinajstić information content (AvgIpc) is 3.52. The van der Waals surface area contributed by atoms with Crippen molar-refractivity contribution in [3.63, 3.8) is 0 Å². The van der Waals surface area contributed by atoms with Crippen LogP contribution in [0.4, 0.5) is 5.82 Å². The van der Waals surface area contributed by atoms with E-state index in [1.165, 1.54) is 12.8 Å². The topological polar surface area (TPSA) is 71.0 Å². The highest BCUT2D eigenvalue weighted by Crippen LogP contribution is 2.28. The summed E-state index contributed by atoms with van der Waals surface area (Å²) >= 11 is 0. The third kappa shape index (κ3) is 8.08. The SMILES string of the molecule is CN=C(NCCCOCC1CC1)NCc1ccc(N2CCOC(C)C2)nc1.I. The smallest absolute Gasteiger partial charge is 0.191 e. The third-order valence-corrected chi connectivity index (χ3v) is 4.87. The summed E-state index contributed by atoms with van der Waals surface area (Å²) in [6, 6.07) is 4.21. The standard InChI is InChI=1S/C20H33N5O2.HI/c1-16-14-25(9-11-27-16)19-7-6-18(12-23-19)13-24-20(21-2)22-8-3-10-26-15-17-4-5-17;/h6-7,12,16-17H,3-5,8-11,13-15H2,1-2H3,(H2,21,22,24);1H. The molecule has 7 nitrogen and oxygen atoms in total. The van der Waals surface area contributed by atoms with E-state index in [4.69, 9.17) is 9.47 Å². The van der Waals surface area contributed by atoms with E-state index in [0.29, 0.717) is 6.54 Å². The molecule has 1 aliphatic carbocycles. The Bertz CT molecular complexity index is 595. The van der Waals surface area contributed by atoms with Gasteiger partial charge in [0.2, 0.25) is 0 Å². The summed E-state index contributed by atoms with van der Waals surface area (Å²) in [7, 11) is 1.79. The molecular formula is C20H34IN5O2. The maximum atomic E-state index is 5.65. The molecule has 8 heteroatoms. The van der Waals surface area contributed by atoms with Crippen LogP contribution < -0.4 is 15.5 Å². The molecule has 2 fully saturated rings. The van der Waals surface area contributed by atoms with Crippen molar-refractivity contribution in [3.05, 3.63) is 23.9 Å². The van der Waals surface area contributed by atoms with Gasteiger partial charge >= 0.3 is 0 Å². The zero-order chi connectivity index (χ0) is 18.9. The van der Waals surface area contributed by atoms with Gasteiger partial charge in [0, 0.05) is 52.6 Å². The number of pyridine rings is 1. The molecule has 1 atom stereocenters. The first-order valence-corrected chi connectivity index (χ1v) is 10.1. The number of nitrogens with zero attached hydrogens (tertiary/aromatic N) is 3. The quantitative estimate of drug-likeness (QED) is 0.234. The summed E-state index contributed by atoms with van der Waals surface area (Å²) in [5.41, 5.74) is 1.13. The highest BCUT2D eigenvalue weighted by Gasteiger charge is 2.20. The lowest BCUT2D eigenvalue weighted by atomic mass is 10.2. The van der Waals surface area contributed by atoms with Gasteiger partial charge in [-0.3, -0.25) is 4.99 Å². The number of nitrogens with one attached hydrogen (secondary N) is 2. The summed E-state index contributed by atoms with van der Waals surface area (Å²) in [5, 5.41) is 6.66. The summed E-state index contributed by atoms with van der Waals surface area (Å²) in [6.45, 7) is 7.95. The average molecular weight is 503 g/mol. The predicted molar refractivity (Wildman–Crippen MR) is 124 cm³/mol. The van der Waals surface area contributed by atoms with Gasteiger partial charge in [-0.25, -0.2) is 4.98 Å². The first kappa shape index (κ1) is 23.2. The van der Waals surface area contributed by atoms with E-state index in [9.17, 15) is 0 Å². The van der Waals surface area contributed by atoms with Gasteiger partial charge in [0.05, 0.1) is 12.7 Å². The Labute approximate surface area is 185 Å². The molecule has 0 radical (unpaired) electrons. The van der Waals surface area contributed by atoms with Crippen LogP contribution in [0.3, 0.4) is 0 Å². The molecule has 2 heterocycles. The van der Waals surface area contributed by atoms with Crippen molar-refractivity contribution < 1.29 is 9.47 Å². The van der Waals surface area contributed by atoms with Crippen LogP contribution in [-0.2, 0) is 16.0 Å². The number of aliphatic imine (C=N–C) groups is 1. The molecule has 0 aromatic carbocycles. The Morgan fingerprint density at radius 2 is 2.21 bits per heavy atom. The van der Waals surface area contributed by atoms with Gasteiger partial charge in [-0.2, -0.15) is 0 Å². The van der Waals surface area contributed by atoms with E-state index >= 15 is 0 Å². The maximum Gasteiger partial charge on any atom is 0.191 e. The van der Waals surface area contributed by atoms with E-state index in [1.807, 2.05) is 6.20 Å². The Morgan fingerprint density at radius 3 is 2.89 bits per heavy atom. The molecule has 0 bridgehead atoms. The minimum atomic E-state index is 0. The molecule has 1 saturated carbocycles. The molecule has 1 saturated heterocycles. The second-order valence-electron chi connectivity index (χ2n) is 7.38. The van der Waals surface area contributed by atoms with E-state index < -0.39 is 0 Å². The van der Waals surface area contributed by atoms with Crippen molar-refractivity contribution in [1.82, 2.24) is 15.6 Å². The third-order valence-electron chi connectivity index (χ3n) is 4.87. The summed E-state index contributed by atoms with van der Waals surface area (Å²) in [4.78, 5) is 11.2. The van der Waals surface area contributed by atoms with Crippen molar-refractivity contribution >= 4 is 35.8 Å². The van der Waals surface area contributed by atoms with Gasteiger partial charge in [-0.05, 0) is 43.7 Å². The Kier molecular flexibility index (Phi) is 10.3. The second-order valence-corrected chi connectivity index (χ2v) is 7.38. The van der Waals surface area contributed by atoms with Crippen LogP contribution in [0.1, 0.15) is 31.7 Å². The number of rotatable bonds is 9. The molecular weight excluding hydrogens is 469 g/mol. The molecule has 2 N–H and O–H groups in total. The van der Waals surface area contributed by atoms with Crippen molar-refractivity contribution in [2.24, 2.45) is 10.9 Å². The molecule has 2 aliphatic rings. The fourth-order valence-corrected chi connectivity index (χ4v) is 3.06. The minimum Gasteiger partial charge on any atom is -0.381 e. The second kappa shape index (κ2) is 12.4. The Balaban J connectivity index is 0.00000280. The van der Waals surface area contributed by atoms with Gasteiger partial charge < -0.3 is 25.0 Å². The highest BCUT2D eigenvalue weighted by molar-refractivity contribution is 14.0. The first-order valence-electron chi connectivity index (χ1n) is 10.1. The molecule has 1 aromatic heterocycles. The lowest BCUT2D eigenvalue weighted by Crippen LogP contribution is -2.41. The van der Waals surface area contributed by atoms with Crippen LogP contribution in [0.2, 0.25) is 0 Å². The van der Waals surface area contributed by atoms with Crippen molar-refractivity contribution in [2.45, 2.75) is 38.8 Å². The fraction of sp³-hybridized carbons (Fsp3) is 0.700. The lowest BCUT2D eigenvalue weighted by molar-refractivity contribution is 0.0529. The Morgan fingerprint density at radius 1 is 1.36 bits per heavy atom. The molecule has 158 valence electrons. The summed E-state index contributed by atoms with van der Waals surface area (Å²) in [6.07, 6.45) is 5.87. The lowest BCUT2D eigenvalue weighted by Gasteiger charge is -2.32. The number of aromatic nitrogens is 1. The number of hydrogen-bond donors (Lipinski definition) is 2. The first-order chi connectivity index (χ1) is 13.2. The summed E-state index contributed by atoms with van der Waals surface area (Å²) < 4.78 is 11.2. The molecule has 1 aromatic rings. The number of guanidine groups is 1. The van der Waals surface area contributed by atoms with Crippen LogP contribution in [0.25, 0.3) is 0 Å². The number of morpholine rings is 1. The maximum absolute atomic E-state index is 5.65. The van der Waals surface area contributed by atoms with Crippen LogP contribution in [0.5, 0.6) is 0 Å². The number of hydrogen-bond acceptors (Lipinski definition) is 5. The normalized spacial score (nSPS) is 19.9. The molecule has 0 spiro atoms.